The third kappa shape index (κ3) is 2.26. The molecule has 0 amide bonds. The summed E-state index contributed by atoms with van der Waals surface area (Å²) >= 11 is 0. The van der Waals surface area contributed by atoms with Crippen molar-refractivity contribution in [3.8, 4) is 0 Å². The molecule has 25 heavy (non-hydrogen) atoms. The number of carbonyl (C=O) groups is 2. The number of ketones is 2. The molecule has 0 spiro atoms. The molecule has 2 N–H and O–H groups in total. The van der Waals surface area contributed by atoms with Crippen molar-refractivity contribution in [3.63, 3.8) is 0 Å². The van der Waals surface area contributed by atoms with Crippen LogP contribution in [0.5, 0.6) is 0 Å². The van der Waals surface area contributed by atoms with Gasteiger partial charge in [0.15, 0.2) is 5.78 Å². The van der Waals surface area contributed by atoms with E-state index in [4.69, 9.17) is 0 Å². The van der Waals surface area contributed by atoms with Crippen LogP contribution >= 0.6 is 0 Å². The maximum atomic E-state index is 12.2. The third-order valence-corrected chi connectivity index (χ3v) is 8.36. The SMILES string of the molecule is CC(=O)[C@H]1[C@H](O)C[C@H]2[C@@H]3CCC4=CC(=O)CC[C@]4(C)[C@H]3[C@H](O)C[C@@]21C. The maximum absolute atomic E-state index is 12.2. The lowest BCUT2D eigenvalue weighted by molar-refractivity contribution is -0.145. The van der Waals surface area contributed by atoms with E-state index in [1.54, 1.807) is 6.92 Å². The molecule has 3 fully saturated rings. The smallest absolute Gasteiger partial charge is 0.155 e. The van der Waals surface area contributed by atoms with Crippen molar-refractivity contribution in [1.82, 2.24) is 0 Å². The number of allylic oxidation sites excluding steroid dienone is 1. The number of Topliss-reactive ketones (excluding diaryl/α,β-unsaturated/α-hetero) is 1. The summed E-state index contributed by atoms with van der Waals surface area (Å²) in [7, 11) is 0. The van der Waals surface area contributed by atoms with Gasteiger partial charge in [-0.05, 0) is 73.7 Å². The van der Waals surface area contributed by atoms with Crippen molar-refractivity contribution in [2.45, 2.75) is 71.5 Å². The molecule has 4 rings (SSSR count). The lowest BCUT2D eigenvalue weighted by Crippen LogP contribution is -2.57. The van der Waals surface area contributed by atoms with Crippen LogP contribution in [0, 0.1) is 34.5 Å². The Kier molecular flexibility index (Phi) is 3.83. The number of carbonyl (C=O) groups excluding carboxylic acids is 2. The summed E-state index contributed by atoms with van der Waals surface area (Å²) in [6, 6.07) is 0. The second-order valence-electron chi connectivity index (χ2n) is 9.56. The molecule has 0 aliphatic heterocycles. The molecule has 0 radical (unpaired) electrons. The van der Waals surface area contributed by atoms with Crippen LogP contribution in [0.25, 0.3) is 0 Å². The number of aliphatic hydroxyl groups is 2. The van der Waals surface area contributed by atoms with E-state index in [1.165, 1.54) is 5.57 Å². The van der Waals surface area contributed by atoms with E-state index in [0.29, 0.717) is 25.2 Å². The summed E-state index contributed by atoms with van der Waals surface area (Å²) < 4.78 is 0. The highest BCUT2D eigenvalue weighted by atomic mass is 16.3. The van der Waals surface area contributed by atoms with Crippen LogP contribution in [-0.2, 0) is 9.59 Å². The fraction of sp³-hybridized carbons (Fsp3) is 0.810. The van der Waals surface area contributed by atoms with Crippen LogP contribution < -0.4 is 0 Å². The zero-order valence-corrected chi connectivity index (χ0v) is 15.5. The van der Waals surface area contributed by atoms with Gasteiger partial charge in [0.25, 0.3) is 0 Å². The van der Waals surface area contributed by atoms with E-state index in [0.717, 1.165) is 19.3 Å². The number of hydrogen-bond acceptors (Lipinski definition) is 4. The van der Waals surface area contributed by atoms with E-state index < -0.39 is 12.2 Å². The zero-order chi connectivity index (χ0) is 18.1. The van der Waals surface area contributed by atoms with Gasteiger partial charge >= 0.3 is 0 Å². The normalized spacial score (nSPS) is 52.0. The van der Waals surface area contributed by atoms with Crippen molar-refractivity contribution in [3.05, 3.63) is 11.6 Å². The number of rotatable bonds is 1. The highest BCUT2D eigenvalue weighted by molar-refractivity contribution is 5.91. The molecule has 0 heterocycles. The van der Waals surface area contributed by atoms with Crippen LogP contribution in [-0.4, -0.2) is 34.0 Å². The summed E-state index contributed by atoms with van der Waals surface area (Å²) in [5, 5.41) is 21.8. The molecule has 0 unspecified atom stereocenters. The molecule has 0 aromatic heterocycles. The topological polar surface area (TPSA) is 74.6 Å². The van der Waals surface area contributed by atoms with Gasteiger partial charge in [0.1, 0.15) is 5.78 Å². The molecule has 0 saturated heterocycles. The first kappa shape index (κ1) is 17.4. The molecular weight excluding hydrogens is 316 g/mol. The Balaban J connectivity index is 1.74. The largest absolute Gasteiger partial charge is 0.393 e. The summed E-state index contributed by atoms with van der Waals surface area (Å²) in [4.78, 5) is 24.1. The first-order valence-corrected chi connectivity index (χ1v) is 9.79. The molecule has 4 heteroatoms. The van der Waals surface area contributed by atoms with Gasteiger partial charge in [0.2, 0.25) is 0 Å². The molecule has 0 aromatic rings. The van der Waals surface area contributed by atoms with E-state index >= 15 is 0 Å². The summed E-state index contributed by atoms with van der Waals surface area (Å²) in [5.41, 5.74) is 0.791. The monoisotopic (exact) mass is 346 g/mol. The van der Waals surface area contributed by atoms with Crippen molar-refractivity contribution in [2.75, 3.05) is 0 Å². The summed E-state index contributed by atoms with van der Waals surface area (Å²) in [6.45, 7) is 5.91. The number of fused-ring (bicyclic) bond motifs is 5. The molecule has 8 atom stereocenters. The number of aliphatic hydroxyl groups excluding tert-OH is 2. The van der Waals surface area contributed by atoms with Crippen LogP contribution in [0.2, 0.25) is 0 Å². The van der Waals surface area contributed by atoms with Crippen LogP contribution in [0.15, 0.2) is 11.6 Å². The lowest BCUT2D eigenvalue weighted by Gasteiger charge is -2.59. The Bertz CT molecular complexity index is 652. The van der Waals surface area contributed by atoms with Gasteiger partial charge < -0.3 is 10.2 Å². The van der Waals surface area contributed by atoms with Gasteiger partial charge in [-0.25, -0.2) is 0 Å². The van der Waals surface area contributed by atoms with Crippen LogP contribution in [0.1, 0.15) is 59.3 Å². The van der Waals surface area contributed by atoms with E-state index in [9.17, 15) is 19.8 Å². The summed E-state index contributed by atoms with van der Waals surface area (Å²) in [6.07, 6.45) is 5.27. The Labute approximate surface area is 149 Å². The highest BCUT2D eigenvalue weighted by Gasteiger charge is 2.64. The quantitative estimate of drug-likeness (QED) is 0.765. The molecule has 4 aliphatic rings. The average Bonchev–Trinajstić information content (AvgIpc) is 2.77. The van der Waals surface area contributed by atoms with E-state index in [2.05, 4.69) is 13.8 Å². The second-order valence-corrected chi connectivity index (χ2v) is 9.56. The van der Waals surface area contributed by atoms with E-state index in [1.807, 2.05) is 6.08 Å². The molecule has 4 nitrogen and oxygen atoms in total. The Morgan fingerprint density at radius 3 is 2.60 bits per heavy atom. The Hall–Kier alpha value is -1.00. The minimum absolute atomic E-state index is 0.0500. The molecular formula is C21H30O4. The third-order valence-electron chi connectivity index (χ3n) is 8.36. The highest BCUT2D eigenvalue weighted by Crippen LogP contribution is 2.66. The van der Waals surface area contributed by atoms with Crippen LogP contribution in [0.3, 0.4) is 0 Å². The first-order chi connectivity index (χ1) is 11.7. The predicted molar refractivity (Wildman–Crippen MR) is 93.7 cm³/mol. The molecule has 0 aromatic carbocycles. The fourth-order valence-electron chi connectivity index (χ4n) is 7.44. The first-order valence-electron chi connectivity index (χ1n) is 9.79. The van der Waals surface area contributed by atoms with Gasteiger partial charge in [-0.2, -0.15) is 0 Å². The van der Waals surface area contributed by atoms with Gasteiger partial charge in [-0.1, -0.05) is 19.4 Å². The molecule has 138 valence electrons. The van der Waals surface area contributed by atoms with Crippen molar-refractivity contribution < 1.29 is 19.8 Å². The van der Waals surface area contributed by atoms with Gasteiger partial charge in [-0.15, -0.1) is 0 Å². The molecule has 4 aliphatic carbocycles. The van der Waals surface area contributed by atoms with Gasteiger partial charge in [0.05, 0.1) is 12.2 Å². The Morgan fingerprint density at radius 1 is 1.20 bits per heavy atom. The average molecular weight is 346 g/mol. The van der Waals surface area contributed by atoms with Gasteiger partial charge in [-0.3, -0.25) is 9.59 Å². The van der Waals surface area contributed by atoms with Crippen molar-refractivity contribution >= 4 is 11.6 Å². The molecule has 3 saturated carbocycles. The minimum Gasteiger partial charge on any atom is -0.393 e. The fourth-order valence-corrected chi connectivity index (χ4v) is 7.44. The standard InChI is InChI=1S/C21H30O4/c1-11(22)18-16(24)9-15-14-5-4-12-8-13(23)6-7-20(12,2)19(14)17(25)10-21(15,18)3/h8,14-19,24-25H,4-7,9-10H2,1-3H3/t14-,15-,16+,17+,18-,19+,20-,21-/m0/s1. The second kappa shape index (κ2) is 5.50. The van der Waals surface area contributed by atoms with Crippen molar-refractivity contribution in [1.29, 1.82) is 0 Å². The maximum Gasteiger partial charge on any atom is 0.155 e. The number of hydrogen-bond donors (Lipinski definition) is 2. The zero-order valence-electron chi connectivity index (χ0n) is 15.5. The minimum atomic E-state index is -0.587. The lowest BCUT2D eigenvalue weighted by atomic mass is 9.46. The molecule has 0 bridgehead atoms. The van der Waals surface area contributed by atoms with Gasteiger partial charge in [0, 0.05) is 12.3 Å². The predicted octanol–water partition coefficient (Wildman–Crippen LogP) is 2.67. The van der Waals surface area contributed by atoms with Crippen molar-refractivity contribution in [2.24, 2.45) is 34.5 Å². The summed E-state index contributed by atoms with van der Waals surface area (Å²) in [5.74, 6) is 0.647. The van der Waals surface area contributed by atoms with Crippen LogP contribution in [0.4, 0.5) is 0 Å². The Morgan fingerprint density at radius 2 is 1.92 bits per heavy atom. The van der Waals surface area contributed by atoms with E-state index in [-0.39, 0.29) is 40.2 Å².